The normalized spacial score (nSPS) is 34.2. The minimum absolute atomic E-state index is 0.0294. The lowest BCUT2D eigenvalue weighted by atomic mass is 9.85. The molecule has 1 aliphatic heterocycles. The summed E-state index contributed by atoms with van der Waals surface area (Å²) in [7, 11) is 0. The van der Waals surface area contributed by atoms with Crippen LogP contribution in [-0.4, -0.2) is 28.8 Å². The monoisotopic (exact) mass is 248 g/mol. The summed E-state index contributed by atoms with van der Waals surface area (Å²) in [6.07, 6.45) is 9.39. The fraction of sp³-hybridized carbons (Fsp3) is 0.714. The number of nitrogens with two attached hydrogens (primary N) is 1. The van der Waals surface area contributed by atoms with Crippen molar-refractivity contribution < 1.29 is 9.59 Å². The van der Waals surface area contributed by atoms with Crippen LogP contribution in [0.1, 0.15) is 38.5 Å². The van der Waals surface area contributed by atoms with Gasteiger partial charge >= 0.3 is 0 Å². The van der Waals surface area contributed by atoms with E-state index in [0.29, 0.717) is 19.4 Å². The van der Waals surface area contributed by atoms with Crippen LogP contribution in [0.25, 0.3) is 0 Å². The Kier molecular flexibility index (Phi) is 2.77. The first kappa shape index (κ1) is 11.9. The van der Waals surface area contributed by atoms with Crippen molar-refractivity contribution in [1.82, 2.24) is 4.90 Å². The summed E-state index contributed by atoms with van der Waals surface area (Å²) in [4.78, 5) is 26.6. The molecule has 0 bridgehead atoms. The van der Waals surface area contributed by atoms with Crippen LogP contribution in [0.4, 0.5) is 0 Å². The zero-order chi connectivity index (χ0) is 12.8. The van der Waals surface area contributed by atoms with Gasteiger partial charge in [0, 0.05) is 6.54 Å². The van der Waals surface area contributed by atoms with Gasteiger partial charge in [0.2, 0.25) is 11.8 Å². The van der Waals surface area contributed by atoms with E-state index < -0.39 is 0 Å². The predicted molar refractivity (Wildman–Crippen MR) is 67.5 cm³/mol. The molecule has 0 spiro atoms. The predicted octanol–water partition coefficient (Wildman–Crippen LogP) is 1.21. The Hall–Kier alpha value is -1.16. The number of amides is 2. The van der Waals surface area contributed by atoms with Crippen molar-refractivity contribution in [2.24, 2.45) is 17.6 Å². The van der Waals surface area contributed by atoms with Crippen molar-refractivity contribution in [2.45, 2.75) is 44.1 Å². The van der Waals surface area contributed by atoms with Gasteiger partial charge in [-0.15, -0.1) is 0 Å². The lowest BCUT2D eigenvalue weighted by molar-refractivity contribution is -0.146. The molecule has 2 amide bonds. The highest BCUT2D eigenvalue weighted by Gasteiger charge is 2.55. The number of rotatable bonds is 2. The zero-order valence-electron chi connectivity index (χ0n) is 10.6. The van der Waals surface area contributed by atoms with Gasteiger partial charge in [0.15, 0.2) is 0 Å². The maximum Gasteiger partial charge on any atom is 0.233 e. The molecule has 0 aromatic heterocycles. The van der Waals surface area contributed by atoms with Crippen LogP contribution in [0.3, 0.4) is 0 Å². The molecule has 2 N–H and O–H groups in total. The second kappa shape index (κ2) is 4.19. The number of allylic oxidation sites excluding steroid dienone is 2. The van der Waals surface area contributed by atoms with E-state index in [9.17, 15) is 9.59 Å². The van der Waals surface area contributed by atoms with Gasteiger partial charge in [0.1, 0.15) is 0 Å². The Morgan fingerprint density at radius 3 is 2.06 bits per heavy atom. The first-order valence-corrected chi connectivity index (χ1v) is 6.92. The molecule has 0 radical (unpaired) electrons. The summed E-state index contributed by atoms with van der Waals surface area (Å²) in [6.45, 7) is 0.414. The first-order valence-electron chi connectivity index (χ1n) is 6.92. The van der Waals surface area contributed by atoms with E-state index >= 15 is 0 Å². The molecule has 0 aromatic carbocycles. The van der Waals surface area contributed by atoms with Crippen molar-refractivity contribution in [2.75, 3.05) is 6.54 Å². The number of imide groups is 1. The van der Waals surface area contributed by atoms with Crippen LogP contribution in [0.5, 0.6) is 0 Å². The highest BCUT2D eigenvalue weighted by Crippen LogP contribution is 2.43. The van der Waals surface area contributed by atoms with Gasteiger partial charge in [0.25, 0.3) is 0 Å². The SMILES string of the molecule is NCC1(N2C(=O)C3CC=CCC3C2=O)CCCC1. The fourth-order valence-electron chi connectivity index (χ4n) is 3.82. The zero-order valence-corrected chi connectivity index (χ0v) is 10.6. The Morgan fingerprint density at radius 2 is 1.61 bits per heavy atom. The Balaban J connectivity index is 1.93. The van der Waals surface area contributed by atoms with Gasteiger partial charge in [0.05, 0.1) is 17.4 Å². The minimum atomic E-state index is -0.370. The minimum Gasteiger partial charge on any atom is -0.328 e. The summed E-state index contributed by atoms with van der Waals surface area (Å²) in [5.41, 5.74) is 5.53. The molecule has 3 aliphatic rings. The van der Waals surface area contributed by atoms with Gasteiger partial charge in [-0.05, 0) is 25.7 Å². The molecule has 4 heteroatoms. The Bertz CT molecular complexity index is 384. The van der Waals surface area contributed by atoms with Gasteiger partial charge in [-0.2, -0.15) is 0 Å². The highest BCUT2D eigenvalue weighted by atomic mass is 16.2. The summed E-state index contributed by atoms with van der Waals surface area (Å²) < 4.78 is 0. The number of nitrogens with zero attached hydrogens (tertiary/aromatic N) is 1. The molecule has 4 nitrogen and oxygen atoms in total. The van der Waals surface area contributed by atoms with E-state index in [0.717, 1.165) is 25.7 Å². The van der Waals surface area contributed by atoms with Gasteiger partial charge in [-0.25, -0.2) is 0 Å². The standard InChI is InChI=1S/C14H20N2O2/c15-9-14(7-3-4-8-14)16-12(17)10-5-1-2-6-11(10)13(16)18/h1-2,10-11H,3-9,15H2. The van der Waals surface area contributed by atoms with E-state index in [4.69, 9.17) is 5.73 Å². The first-order chi connectivity index (χ1) is 8.69. The van der Waals surface area contributed by atoms with Crippen LogP contribution in [0.2, 0.25) is 0 Å². The average molecular weight is 248 g/mol. The Morgan fingerprint density at radius 1 is 1.11 bits per heavy atom. The van der Waals surface area contributed by atoms with Crippen molar-refractivity contribution >= 4 is 11.8 Å². The molecule has 1 heterocycles. The maximum atomic E-state index is 12.5. The number of hydrogen-bond donors (Lipinski definition) is 1. The Labute approximate surface area is 107 Å². The average Bonchev–Trinajstić information content (AvgIpc) is 2.96. The molecule has 98 valence electrons. The van der Waals surface area contributed by atoms with E-state index in [1.54, 1.807) is 4.90 Å². The summed E-state index contributed by atoms with van der Waals surface area (Å²) in [5.74, 6) is -0.179. The highest BCUT2D eigenvalue weighted by molar-refractivity contribution is 6.06. The van der Waals surface area contributed by atoms with Crippen molar-refractivity contribution in [3.8, 4) is 0 Å². The molecular weight excluding hydrogens is 228 g/mol. The second-order valence-electron chi connectivity index (χ2n) is 5.80. The molecule has 2 aliphatic carbocycles. The van der Waals surface area contributed by atoms with Gasteiger partial charge in [-0.1, -0.05) is 25.0 Å². The molecule has 2 unspecified atom stereocenters. The number of likely N-dealkylation sites (tertiary alicyclic amines) is 1. The number of carbonyl (C=O) groups is 2. The number of fused-ring (bicyclic) bond motifs is 1. The van der Waals surface area contributed by atoms with Crippen LogP contribution in [0.15, 0.2) is 12.2 Å². The smallest absolute Gasteiger partial charge is 0.233 e. The van der Waals surface area contributed by atoms with Crippen molar-refractivity contribution in [3.05, 3.63) is 12.2 Å². The van der Waals surface area contributed by atoms with E-state index in [2.05, 4.69) is 0 Å². The largest absolute Gasteiger partial charge is 0.328 e. The lowest BCUT2D eigenvalue weighted by Crippen LogP contribution is -2.55. The number of hydrogen-bond acceptors (Lipinski definition) is 3. The van der Waals surface area contributed by atoms with Gasteiger partial charge < -0.3 is 5.73 Å². The van der Waals surface area contributed by atoms with Gasteiger partial charge in [-0.3, -0.25) is 14.5 Å². The van der Waals surface area contributed by atoms with E-state index in [-0.39, 0.29) is 29.2 Å². The molecule has 1 saturated carbocycles. The van der Waals surface area contributed by atoms with Crippen LogP contribution in [-0.2, 0) is 9.59 Å². The van der Waals surface area contributed by atoms with Crippen LogP contribution < -0.4 is 5.73 Å². The summed E-state index contributed by atoms with van der Waals surface area (Å²) in [6, 6.07) is 0. The topological polar surface area (TPSA) is 63.4 Å². The maximum absolute atomic E-state index is 12.5. The molecule has 2 fully saturated rings. The number of carbonyl (C=O) groups excluding carboxylic acids is 2. The van der Waals surface area contributed by atoms with Crippen LogP contribution in [0, 0.1) is 11.8 Å². The molecule has 3 rings (SSSR count). The molecular formula is C14H20N2O2. The molecule has 1 saturated heterocycles. The molecule has 0 aromatic rings. The molecule has 2 atom stereocenters. The summed E-state index contributed by atoms with van der Waals surface area (Å²) in [5, 5.41) is 0. The lowest BCUT2D eigenvalue weighted by Gasteiger charge is -2.36. The van der Waals surface area contributed by atoms with Crippen molar-refractivity contribution in [3.63, 3.8) is 0 Å². The van der Waals surface area contributed by atoms with Crippen LogP contribution >= 0.6 is 0 Å². The summed E-state index contributed by atoms with van der Waals surface area (Å²) >= 11 is 0. The quantitative estimate of drug-likeness (QED) is 0.590. The van der Waals surface area contributed by atoms with Crippen molar-refractivity contribution in [1.29, 1.82) is 0 Å². The molecule has 18 heavy (non-hydrogen) atoms. The fourth-order valence-corrected chi connectivity index (χ4v) is 3.82. The third kappa shape index (κ3) is 1.48. The second-order valence-corrected chi connectivity index (χ2v) is 5.80. The van der Waals surface area contributed by atoms with E-state index in [1.165, 1.54) is 0 Å². The van der Waals surface area contributed by atoms with E-state index in [1.807, 2.05) is 12.2 Å². The third-order valence-electron chi connectivity index (χ3n) is 4.90. The third-order valence-corrected chi connectivity index (χ3v) is 4.90.